The summed E-state index contributed by atoms with van der Waals surface area (Å²) in [4.78, 5) is 21.6. The molecule has 0 unspecified atom stereocenters. The Kier molecular flexibility index (Phi) is 3.38. The van der Waals surface area contributed by atoms with Crippen molar-refractivity contribution in [2.75, 3.05) is 14.2 Å². The van der Waals surface area contributed by atoms with Crippen molar-refractivity contribution < 1.29 is 23.5 Å². The van der Waals surface area contributed by atoms with Crippen LogP contribution in [0.3, 0.4) is 0 Å². The van der Waals surface area contributed by atoms with Crippen LogP contribution in [0.2, 0.25) is 0 Å². The van der Waals surface area contributed by atoms with Crippen molar-refractivity contribution in [3.63, 3.8) is 0 Å². The minimum Gasteiger partial charge on any atom is -0.496 e. The molecule has 1 aromatic rings. The first kappa shape index (κ1) is 11.2. The fraction of sp³-hybridized carbons (Fsp3) is 0.200. The van der Waals surface area contributed by atoms with Crippen molar-refractivity contribution >= 4 is 12.3 Å². The number of carbonyl (C=O) groups excluding carboxylic acids is 2. The van der Waals surface area contributed by atoms with Crippen molar-refractivity contribution in [1.29, 1.82) is 0 Å². The van der Waals surface area contributed by atoms with E-state index in [0.717, 1.165) is 6.07 Å². The van der Waals surface area contributed by atoms with E-state index in [1.54, 1.807) is 0 Å². The second-order valence-electron chi connectivity index (χ2n) is 2.68. The minimum absolute atomic E-state index is 0.00236. The predicted octanol–water partition coefficient (Wildman–Crippen LogP) is 1.43. The molecule has 0 heterocycles. The molecule has 4 nitrogen and oxygen atoms in total. The van der Waals surface area contributed by atoms with Gasteiger partial charge in [-0.2, -0.15) is 0 Å². The quantitative estimate of drug-likeness (QED) is 0.561. The van der Waals surface area contributed by atoms with E-state index in [4.69, 9.17) is 4.74 Å². The lowest BCUT2D eigenvalue weighted by atomic mass is 10.1. The average molecular weight is 212 g/mol. The van der Waals surface area contributed by atoms with Gasteiger partial charge in [-0.25, -0.2) is 9.18 Å². The molecule has 0 aliphatic carbocycles. The van der Waals surface area contributed by atoms with E-state index < -0.39 is 11.8 Å². The zero-order valence-electron chi connectivity index (χ0n) is 8.24. The van der Waals surface area contributed by atoms with Crippen LogP contribution in [0.4, 0.5) is 4.39 Å². The lowest BCUT2D eigenvalue weighted by Gasteiger charge is -2.06. The zero-order chi connectivity index (χ0) is 11.4. The van der Waals surface area contributed by atoms with Crippen molar-refractivity contribution in [2.45, 2.75) is 0 Å². The first-order valence-electron chi connectivity index (χ1n) is 4.05. The number of rotatable bonds is 3. The summed E-state index contributed by atoms with van der Waals surface area (Å²) in [5.41, 5.74) is -0.220. The van der Waals surface area contributed by atoms with Gasteiger partial charge in [-0.1, -0.05) is 0 Å². The molecule has 0 aliphatic heterocycles. The molecule has 15 heavy (non-hydrogen) atoms. The fourth-order valence-corrected chi connectivity index (χ4v) is 1.11. The average Bonchev–Trinajstić information content (AvgIpc) is 2.26. The summed E-state index contributed by atoms with van der Waals surface area (Å²) in [6, 6.07) is 2.18. The summed E-state index contributed by atoms with van der Waals surface area (Å²) in [6.45, 7) is 0. The standard InChI is InChI=1S/C10H9FO4/c1-14-9-4-6(10(13)15-2)3-8(11)7(9)5-12/h3-5H,1-2H3. The molecular formula is C10H9FO4. The van der Waals surface area contributed by atoms with E-state index in [9.17, 15) is 14.0 Å². The third-order valence-corrected chi connectivity index (χ3v) is 1.85. The van der Waals surface area contributed by atoms with E-state index in [1.807, 2.05) is 0 Å². The maximum absolute atomic E-state index is 13.3. The normalized spacial score (nSPS) is 9.53. The van der Waals surface area contributed by atoms with Gasteiger partial charge in [0.25, 0.3) is 0 Å². The molecule has 0 spiro atoms. The van der Waals surface area contributed by atoms with Crippen LogP contribution in [0.5, 0.6) is 5.75 Å². The number of benzene rings is 1. The molecule has 0 aliphatic rings. The van der Waals surface area contributed by atoms with Gasteiger partial charge in [-0.15, -0.1) is 0 Å². The Hall–Kier alpha value is -1.91. The minimum atomic E-state index is -0.815. The van der Waals surface area contributed by atoms with E-state index in [1.165, 1.54) is 20.3 Å². The molecule has 0 aromatic heterocycles. The van der Waals surface area contributed by atoms with E-state index in [-0.39, 0.29) is 16.9 Å². The molecule has 0 radical (unpaired) electrons. The largest absolute Gasteiger partial charge is 0.496 e. The second kappa shape index (κ2) is 4.54. The molecule has 0 saturated heterocycles. The Labute approximate surface area is 85.6 Å². The highest BCUT2D eigenvalue weighted by atomic mass is 19.1. The Balaban J connectivity index is 3.31. The summed E-state index contributed by atoms with van der Waals surface area (Å²) < 4.78 is 22.5. The zero-order valence-corrected chi connectivity index (χ0v) is 8.24. The summed E-state index contributed by atoms with van der Waals surface area (Å²) in [6.07, 6.45) is 0.329. The molecule has 1 rings (SSSR count). The first-order valence-corrected chi connectivity index (χ1v) is 4.05. The maximum atomic E-state index is 13.3. The van der Waals surface area contributed by atoms with E-state index >= 15 is 0 Å². The van der Waals surface area contributed by atoms with E-state index in [0.29, 0.717) is 6.29 Å². The van der Waals surface area contributed by atoms with Crippen LogP contribution in [0.25, 0.3) is 0 Å². The van der Waals surface area contributed by atoms with Gasteiger partial charge in [0.1, 0.15) is 11.6 Å². The summed E-state index contributed by atoms with van der Waals surface area (Å²) >= 11 is 0. The van der Waals surface area contributed by atoms with Crippen molar-refractivity contribution in [1.82, 2.24) is 0 Å². The third kappa shape index (κ3) is 2.12. The second-order valence-corrected chi connectivity index (χ2v) is 2.68. The van der Waals surface area contributed by atoms with Gasteiger partial charge < -0.3 is 9.47 Å². The first-order chi connectivity index (χ1) is 7.13. The molecule has 80 valence electrons. The van der Waals surface area contributed by atoms with Gasteiger partial charge in [0.2, 0.25) is 0 Å². The van der Waals surface area contributed by atoms with Crippen LogP contribution in [0.15, 0.2) is 12.1 Å². The van der Waals surface area contributed by atoms with Gasteiger partial charge in [-0.05, 0) is 12.1 Å². The van der Waals surface area contributed by atoms with Crippen molar-refractivity contribution in [3.05, 3.63) is 29.1 Å². The third-order valence-electron chi connectivity index (χ3n) is 1.85. The topological polar surface area (TPSA) is 52.6 Å². The predicted molar refractivity (Wildman–Crippen MR) is 49.7 cm³/mol. The molecular weight excluding hydrogens is 203 g/mol. The molecule has 0 atom stereocenters. The number of methoxy groups -OCH3 is 2. The molecule has 0 amide bonds. The molecule has 0 fully saturated rings. The highest BCUT2D eigenvalue weighted by molar-refractivity contribution is 5.92. The molecule has 1 aromatic carbocycles. The van der Waals surface area contributed by atoms with Crippen LogP contribution >= 0.6 is 0 Å². The Morgan fingerprint density at radius 3 is 2.53 bits per heavy atom. The molecule has 0 saturated carbocycles. The van der Waals surface area contributed by atoms with Crippen molar-refractivity contribution in [3.8, 4) is 5.75 Å². The Morgan fingerprint density at radius 1 is 1.40 bits per heavy atom. The maximum Gasteiger partial charge on any atom is 0.338 e. The fourth-order valence-electron chi connectivity index (χ4n) is 1.11. The highest BCUT2D eigenvalue weighted by Crippen LogP contribution is 2.22. The number of hydrogen-bond acceptors (Lipinski definition) is 4. The number of halogens is 1. The number of aldehydes is 1. The SMILES string of the molecule is COC(=O)c1cc(F)c(C=O)c(OC)c1. The summed E-state index contributed by atoms with van der Waals surface area (Å²) in [7, 11) is 2.46. The smallest absolute Gasteiger partial charge is 0.338 e. The number of ether oxygens (including phenoxy) is 2. The van der Waals surface area contributed by atoms with E-state index in [2.05, 4.69) is 4.74 Å². The summed E-state index contributed by atoms with van der Waals surface area (Å²) in [5.74, 6) is -1.50. The van der Waals surface area contributed by atoms with Crippen LogP contribution in [-0.4, -0.2) is 26.5 Å². The lowest BCUT2D eigenvalue weighted by molar-refractivity contribution is 0.0599. The molecule has 0 bridgehead atoms. The number of esters is 1. The number of carbonyl (C=O) groups is 2. The molecule has 5 heteroatoms. The van der Waals surface area contributed by atoms with Crippen LogP contribution in [-0.2, 0) is 4.74 Å². The van der Waals surface area contributed by atoms with Gasteiger partial charge >= 0.3 is 5.97 Å². The summed E-state index contributed by atoms with van der Waals surface area (Å²) in [5, 5.41) is 0. The lowest BCUT2D eigenvalue weighted by Crippen LogP contribution is -2.04. The van der Waals surface area contributed by atoms with Gasteiger partial charge in [0, 0.05) is 0 Å². The van der Waals surface area contributed by atoms with Crippen molar-refractivity contribution in [2.24, 2.45) is 0 Å². The Bertz CT molecular complexity index is 401. The van der Waals surface area contributed by atoms with Gasteiger partial charge in [0.05, 0.1) is 25.3 Å². The van der Waals surface area contributed by atoms with Crippen LogP contribution in [0, 0.1) is 5.82 Å². The van der Waals surface area contributed by atoms with Crippen LogP contribution < -0.4 is 4.74 Å². The Morgan fingerprint density at radius 2 is 2.07 bits per heavy atom. The van der Waals surface area contributed by atoms with Gasteiger partial charge in [0.15, 0.2) is 6.29 Å². The monoisotopic (exact) mass is 212 g/mol. The van der Waals surface area contributed by atoms with Gasteiger partial charge in [-0.3, -0.25) is 4.79 Å². The highest BCUT2D eigenvalue weighted by Gasteiger charge is 2.15. The molecule has 0 N–H and O–H groups in total. The number of hydrogen-bond donors (Lipinski definition) is 0. The van der Waals surface area contributed by atoms with Crippen LogP contribution in [0.1, 0.15) is 20.7 Å².